The lowest BCUT2D eigenvalue weighted by atomic mass is 10.1. The minimum absolute atomic E-state index is 0.256. The zero-order valence-electron chi connectivity index (χ0n) is 18.1. The summed E-state index contributed by atoms with van der Waals surface area (Å²) in [7, 11) is 0. The summed E-state index contributed by atoms with van der Waals surface area (Å²) in [6, 6.07) is 15.4. The molecule has 0 atom stereocenters. The van der Waals surface area contributed by atoms with E-state index in [4.69, 9.17) is 32.4 Å². The number of amides is 1. The van der Waals surface area contributed by atoms with E-state index in [0.717, 1.165) is 0 Å². The predicted molar refractivity (Wildman–Crippen MR) is 130 cm³/mol. The van der Waals surface area contributed by atoms with Crippen LogP contribution >= 0.6 is 23.2 Å². The predicted octanol–water partition coefficient (Wildman–Crippen LogP) is 6.62. The number of nitrogens with zero attached hydrogens (tertiary/aromatic N) is 2. The normalized spacial score (nSPS) is 14.8. The first-order valence-corrected chi connectivity index (χ1v) is 11.0. The summed E-state index contributed by atoms with van der Waals surface area (Å²) in [4.78, 5) is 25.3. The van der Waals surface area contributed by atoms with Gasteiger partial charge in [0.25, 0.3) is 5.91 Å². The van der Waals surface area contributed by atoms with Gasteiger partial charge in [0.15, 0.2) is 0 Å². The van der Waals surface area contributed by atoms with Crippen molar-refractivity contribution in [2.45, 2.75) is 26.9 Å². The number of hydrogen-bond donors (Lipinski definition) is 0. The lowest BCUT2D eigenvalue weighted by molar-refractivity contribution is -0.114. The van der Waals surface area contributed by atoms with E-state index >= 15 is 0 Å². The van der Waals surface area contributed by atoms with Crippen LogP contribution in [0, 0.1) is 0 Å². The standard InChI is InChI=1S/C25H20Cl2N2O4/c1-14(2)32-25(31)21-12-16(4-10-22(21)27)23-11-9-19(33-23)13-20-15(3)28-29(24(20)30)18-7-5-17(26)6-8-18/h4-14H,1-3H3/b20-13+. The van der Waals surface area contributed by atoms with Gasteiger partial charge in [-0.1, -0.05) is 23.2 Å². The summed E-state index contributed by atoms with van der Waals surface area (Å²) in [6.45, 7) is 5.30. The van der Waals surface area contributed by atoms with Crippen molar-refractivity contribution in [1.29, 1.82) is 0 Å². The summed E-state index contributed by atoms with van der Waals surface area (Å²) in [5, 5.41) is 6.56. The quantitative estimate of drug-likeness (QED) is 0.302. The monoisotopic (exact) mass is 482 g/mol. The Morgan fingerprint density at radius 1 is 1.09 bits per heavy atom. The van der Waals surface area contributed by atoms with Gasteiger partial charge < -0.3 is 9.15 Å². The molecule has 0 radical (unpaired) electrons. The second-order valence-corrected chi connectivity index (χ2v) is 8.53. The molecule has 1 aliphatic rings. The van der Waals surface area contributed by atoms with Crippen LogP contribution in [0.5, 0.6) is 0 Å². The first-order valence-electron chi connectivity index (χ1n) is 10.2. The van der Waals surface area contributed by atoms with Crippen molar-refractivity contribution in [2.24, 2.45) is 5.10 Å². The number of ether oxygens (including phenoxy) is 1. The van der Waals surface area contributed by atoms with Gasteiger partial charge in [0.05, 0.1) is 33.7 Å². The van der Waals surface area contributed by atoms with Gasteiger partial charge >= 0.3 is 5.97 Å². The van der Waals surface area contributed by atoms with Crippen LogP contribution in [0.3, 0.4) is 0 Å². The third-order valence-corrected chi connectivity index (χ3v) is 5.44. The van der Waals surface area contributed by atoms with Crippen molar-refractivity contribution >= 4 is 52.6 Å². The van der Waals surface area contributed by atoms with Crippen LogP contribution in [0.1, 0.15) is 36.9 Å². The molecule has 1 aromatic heterocycles. The number of benzene rings is 2. The molecule has 4 rings (SSSR count). The summed E-state index contributed by atoms with van der Waals surface area (Å²) < 4.78 is 11.2. The molecule has 0 bridgehead atoms. The number of esters is 1. The van der Waals surface area contributed by atoms with E-state index in [0.29, 0.717) is 44.1 Å². The van der Waals surface area contributed by atoms with Gasteiger partial charge in [-0.3, -0.25) is 4.79 Å². The molecule has 1 amide bonds. The molecule has 0 spiro atoms. The minimum Gasteiger partial charge on any atom is -0.459 e. The summed E-state index contributed by atoms with van der Waals surface area (Å²) in [5.74, 6) is 0.225. The minimum atomic E-state index is -0.503. The molecule has 2 heterocycles. The maximum atomic E-state index is 12.9. The Hall–Kier alpha value is -3.35. The van der Waals surface area contributed by atoms with Gasteiger partial charge in [-0.25, -0.2) is 4.79 Å². The Bertz CT molecular complexity index is 1290. The molecular formula is C25H20Cl2N2O4. The van der Waals surface area contributed by atoms with Crippen LogP contribution in [0.4, 0.5) is 5.69 Å². The number of rotatable bonds is 5. The van der Waals surface area contributed by atoms with E-state index in [2.05, 4.69) is 5.10 Å². The number of anilines is 1. The zero-order valence-corrected chi connectivity index (χ0v) is 19.6. The van der Waals surface area contributed by atoms with Crippen molar-refractivity contribution in [1.82, 2.24) is 0 Å². The Morgan fingerprint density at radius 3 is 2.52 bits per heavy atom. The average molecular weight is 483 g/mol. The fourth-order valence-electron chi connectivity index (χ4n) is 3.28. The number of carbonyl (C=O) groups is 2. The third-order valence-electron chi connectivity index (χ3n) is 4.86. The summed E-state index contributed by atoms with van der Waals surface area (Å²) >= 11 is 12.1. The molecule has 3 aromatic rings. The molecule has 168 valence electrons. The summed E-state index contributed by atoms with van der Waals surface area (Å²) in [5.41, 5.74) is 2.52. The van der Waals surface area contributed by atoms with Crippen LogP contribution in [0.2, 0.25) is 10.0 Å². The maximum absolute atomic E-state index is 12.9. The van der Waals surface area contributed by atoms with Gasteiger partial charge in [-0.2, -0.15) is 10.1 Å². The van der Waals surface area contributed by atoms with Gasteiger partial charge in [0, 0.05) is 10.6 Å². The first-order chi connectivity index (χ1) is 15.7. The van der Waals surface area contributed by atoms with Crippen molar-refractivity contribution in [3.8, 4) is 11.3 Å². The second kappa shape index (κ2) is 9.25. The van der Waals surface area contributed by atoms with Gasteiger partial charge in [-0.15, -0.1) is 0 Å². The number of hydrogen-bond acceptors (Lipinski definition) is 5. The molecule has 33 heavy (non-hydrogen) atoms. The second-order valence-electron chi connectivity index (χ2n) is 7.69. The molecule has 0 saturated carbocycles. The van der Waals surface area contributed by atoms with Crippen molar-refractivity contribution in [3.05, 3.63) is 81.5 Å². The topological polar surface area (TPSA) is 72.1 Å². The van der Waals surface area contributed by atoms with Crippen LogP contribution in [0.25, 0.3) is 17.4 Å². The molecule has 8 heteroatoms. The number of carbonyl (C=O) groups excluding carboxylic acids is 2. The Balaban J connectivity index is 1.59. The fraction of sp³-hybridized carbons (Fsp3) is 0.160. The smallest absolute Gasteiger partial charge is 0.339 e. The Labute approximate surface area is 201 Å². The molecular weight excluding hydrogens is 463 g/mol. The average Bonchev–Trinajstić information content (AvgIpc) is 3.34. The molecule has 0 aliphatic carbocycles. The largest absolute Gasteiger partial charge is 0.459 e. The Kier molecular flexibility index (Phi) is 6.40. The van der Waals surface area contributed by atoms with E-state index < -0.39 is 5.97 Å². The zero-order chi connectivity index (χ0) is 23.7. The number of furan rings is 1. The van der Waals surface area contributed by atoms with Crippen LogP contribution in [0.15, 0.2) is 69.7 Å². The van der Waals surface area contributed by atoms with E-state index in [1.807, 2.05) is 0 Å². The molecule has 1 aliphatic heterocycles. The molecule has 6 nitrogen and oxygen atoms in total. The molecule has 0 saturated heterocycles. The maximum Gasteiger partial charge on any atom is 0.339 e. The Morgan fingerprint density at radius 2 is 1.82 bits per heavy atom. The van der Waals surface area contributed by atoms with Gasteiger partial charge in [0.2, 0.25) is 0 Å². The van der Waals surface area contributed by atoms with E-state index in [9.17, 15) is 9.59 Å². The van der Waals surface area contributed by atoms with Gasteiger partial charge in [0.1, 0.15) is 11.5 Å². The molecule has 0 unspecified atom stereocenters. The van der Waals surface area contributed by atoms with Crippen LogP contribution < -0.4 is 5.01 Å². The highest BCUT2D eigenvalue weighted by Gasteiger charge is 2.29. The first kappa shape index (κ1) is 22.8. The molecule has 2 aromatic carbocycles. The van der Waals surface area contributed by atoms with Crippen molar-refractivity contribution < 1.29 is 18.7 Å². The number of hydrazone groups is 1. The van der Waals surface area contributed by atoms with Crippen molar-refractivity contribution in [3.63, 3.8) is 0 Å². The van der Waals surface area contributed by atoms with Gasteiger partial charge in [-0.05, 0) is 81.4 Å². The lowest BCUT2D eigenvalue weighted by Gasteiger charge is -2.11. The highest BCUT2D eigenvalue weighted by molar-refractivity contribution is 6.34. The summed E-state index contributed by atoms with van der Waals surface area (Å²) in [6.07, 6.45) is 1.38. The number of halogens is 2. The SMILES string of the molecule is CC1=NN(c2ccc(Cl)cc2)C(=O)/C1=C/c1ccc(-c2ccc(Cl)c(C(=O)OC(C)C)c2)o1. The fourth-order valence-corrected chi connectivity index (χ4v) is 3.60. The lowest BCUT2D eigenvalue weighted by Crippen LogP contribution is -2.21. The molecule has 0 fully saturated rings. The highest BCUT2D eigenvalue weighted by atomic mass is 35.5. The van der Waals surface area contributed by atoms with Crippen LogP contribution in [-0.2, 0) is 9.53 Å². The van der Waals surface area contributed by atoms with E-state index in [1.165, 1.54) is 5.01 Å². The third kappa shape index (κ3) is 4.87. The van der Waals surface area contributed by atoms with E-state index in [1.54, 1.807) is 81.4 Å². The van der Waals surface area contributed by atoms with E-state index in [-0.39, 0.29) is 17.6 Å². The van der Waals surface area contributed by atoms with Crippen LogP contribution in [-0.4, -0.2) is 23.7 Å². The molecule has 0 N–H and O–H groups in total. The highest BCUT2D eigenvalue weighted by Crippen LogP contribution is 2.30. The van der Waals surface area contributed by atoms with Crippen molar-refractivity contribution in [2.75, 3.05) is 5.01 Å².